The van der Waals surface area contributed by atoms with Crippen LogP contribution >= 0.6 is 0 Å². The molecular weight excluding hydrogens is 232 g/mol. The van der Waals surface area contributed by atoms with Crippen LogP contribution in [0.15, 0.2) is 0 Å². The Bertz CT molecular complexity index is 461. The van der Waals surface area contributed by atoms with Crippen molar-refractivity contribution in [2.75, 3.05) is 17.3 Å². The zero-order chi connectivity index (χ0) is 13.1. The van der Waals surface area contributed by atoms with Gasteiger partial charge in [0.15, 0.2) is 0 Å². The second-order valence-corrected chi connectivity index (χ2v) is 4.42. The highest BCUT2D eigenvalue weighted by molar-refractivity contribution is 5.78. The Hall–Kier alpha value is -1.89. The van der Waals surface area contributed by atoms with Crippen molar-refractivity contribution in [2.24, 2.45) is 5.84 Å². The molecule has 1 aliphatic heterocycles. The summed E-state index contributed by atoms with van der Waals surface area (Å²) in [5.74, 6) is 7.52. The molecule has 0 radical (unpaired) electrons. The fourth-order valence-corrected chi connectivity index (χ4v) is 1.99. The van der Waals surface area contributed by atoms with Crippen molar-refractivity contribution < 1.29 is 4.79 Å². The lowest BCUT2D eigenvalue weighted by Crippen LogP contribution is -2.32. The van der Waals surface area contributed by atoms with Crippen LogP contribution in [0.5, 0.6) is 0 Å². The lowest BCUT2D eigenvalue weighted by atomic mass is 10.2. The number of aromatic nitrogens is 2. The van der Waals surface area contributed by atoms with Crippen molar-refractivity contribution in [1.82, 2.24) is 15.3 Å². The molecular formula is C11H18N6O. The van der Waals surface area contributed by atoms with Crippen LogP contribution in [-0.4, -0.2) is 28.5 Å². The van der Waals surface area contributed by atoms with Gasteiger partial charge >= 0.3 is 0 Å². The van der Waals surface area contributed by atoms with Crippen molar-refractivity contribution in [2.45, 2.75) is 32.7 Å². The first-order chi connectivity index (χ1) is 8.60. The Morgan fingerprint density at radius 2 is 2.11 bits per heavy atom. The second-order valence-electron chi connectivity index (χ2n) is 4.42. The van der Waals surface area contributed by atoms with Gasteiger partial charge in [0.25, 0.3) is 0 Å². The number of hydrogen-bond donors (Lipinski definition) is 4. The molecule has 2 rings (SSSR count). The SMILES string of the molecule is Cc1nc(NN)c(C)c(NCC2CCC(=O)N2)n1. The van der Waals surface area contributed by atoms with E-state index < -0.39 is 0 Å². The molecule has 1 atom stereocenters. The molecule has 0 spiro atoms. The van der Waals surface area contributed by atoms with E-state index in [1.165, 1.54) is 0 Å². The minimum Gasteiger partial charge on any atom is -0.368 e. The van der Waals surface area contributed by atoms with E-state index in [2.05, 4.69) is 26.0 Å². The van der Waals surface area contributed by atoms with Gasteiger partial charge in [0.1, 0.15) is 17.5 Å². The van der Waals surface area contributed by atoms with Crippen LogP contribution in [-0.2, 0) is 4.79 Å². The van der Waals surface area contributed by atoms with Crippen LogP contribution in [0.4, 0.5) is 11.6 Å². The van der Waals surface area contributed by atoms with Gasteiger partial charge in [-0.15, -0.1) is 0 Å². The zero-order valence-corrected chi connectivity index (χ0v) is 10.6. The van der Waals surface area contributed by atoms with Crippen LogP contribution in [0.3, 0.4) is 0 Å². The summed E-state index contributed by atoms with van der Waals surface area (Å²) < 4.78 is 0. The Kier molecular flexibility index (Phi) is 3.61. The van der Waals surface area contributed by atoms with E-state index in [4.69, 9.17) is 5.84 Å². The summed E-state index contributed by atoms with van der Waals surface area (Å²) >= 11 is 0. The highest BCUT2D eigenvalue weighted by Gasteiger charge is 2.20. The third-order valence-electron chi connectivity index (χ3n) is 3.00. The van der Waals surface area contributed by atoms with Crippen LogP contribution < -0.4 is 21.9 Å². The van der Waals surface area contributed by atoms with E-state index in [0.717, 1.165) is 17.8 Å². The van der Waals surface area contributed by atoms with Gasteiger partial charge in [0, 0.05) is 24.6 Å². The lowest BCUT2D eigenvalue weighted by molar-refractivity contribution is -0.119. The van der Waals surface area contributed by atoms with Gasteiger partial charge < -0.3 is 16.1 Å². The molecule has 5 N–H and O–H groups in total. The first kappa shape index (κ1) is 12.6. The van der Waals surface area contributed by atoms with Gasteiger partial charge in [-0.1, -0.05) is 0 Å². The fourth-order valence-electron chi connectivity index (χ4n) is 1.99. The number of nitrogens with zero attached hydrogens (tertiary/aromatic N) is 2. The average Bonchev–Trinajstić information content (AvgIpc) is 2.75. The predicted molar refractivity (Wildman–Crippen MR) is 69.0 cm³/mol. The first-order valence-electron chi connectivity index (χ1n) is 5.95. The quantitative estimate of drug-likeness (QED) is 0.445. The maximum Gasteiger partial charge on any atom is 0.220 e. The standard InChI is InChI=1S/C11H18N6O/c1-6-10(14-7(2)15-11(6)17-12)13-5-8-3-4-9(18)16-8/h8H,3-5,12H2,1-2H3,(H,16,18)(H2,13,14,15,17). The van der Waals surface area contributed by atoms with Crippen molar-refractivity contribution in [1.29, 1.82) is 0 Å². The highest BCUT2D eigenvalue weighted by atomic mass is 16.1. The summed E-state index contributed by atoms with van der Waals surface area (Å²) in [5, 5.41) is 6.13. The number of nitrogen functional groups attached to an aromatic ring is 1. The monoisotopic (exact) mass is 250 g/mol. The summed E-state index contributed by atoms with van der Waals surface area (Å²) in [6.45, 7) is 4.36. The van der Waals surface area contributed by atoms with Crippen molar-refractivity contribution in [3.63, 3.8) is 0 Å². The van der Waals surface area contributed by atoms with Gasteiger partial charge in [-0.25, -0.2) is 15.8 Å². The zero-order valence-electron chi connectivity index (χ0n) is 10.6. The van der Waals surface area contributed by atoms with E-state index in [9.17, 15) is 4.79 Å². The first-order valence-corrected chi connectivity index (χ1v) is 5.95. The van der Waals surface area contributed by atoms with Gasteiger partial charge in [0.05, 0.1) is 0 Å². The van der Waals surface area contributed by atoms with E-state index >= 15 is 0 Å². The van der Waals surface area contributed by atoms with Crippen molar-refractivity contribution >= 4 is 17.5 Å². The molecule has 7 heteroatoms. The highest BCUT2D eigenvalue weighted by Crippen LogP contribution is 2.19. The van der Waals surface area contributed by atoms with Gasteiger partial charge in [-0.3, -0.25) is 4.79 Å². The molecule has 0 bridgehead atoms. The third-order valence-corrected chi connectivity index (χ3v) is 3.00. The van der Waals surface area contributed by atoms with Crippen LogP contribution in [0, 0.1) is 13.8 Å². The second kappa shape index (κ2) is 5.18. The molecule has 18 heavy (non-hydrogen) atoms. The number of carbonyl (C=O) groups is 1. The van der Waals surface area contributed by atoms with Gasteiger partial charge in [-0.2, -0.15) is 0 Å². The number of hydrogen-bond acceptors (Lipinski definition) is 6. The molecule has 0 saturated carbocycles. The fraction of sp³-hybridized carbons (Fsp3) is 0.545. The molecule has 2 heterocycles. The summed E-state index contributed by atoms with van der Waals surface area (Å²) in [4.78, 5) is 19.6. The summed E-state index contributed by atoms with van der Waals surface area (Å²) in [6, 6.07) is 0.168. The van der Waals surface area contributed by atoms with Crippen molar-refractivity contribution in [3.8, 4) is 0 Å². The normalized spacial score (nSPS) is 18.6. The Labute approximate surface area is 106 Å². The van der Waals surface area contributed by atoms with E-state index in [1.807, 2.05) is 13.8 Å². The van der Waals surface area contributed by atoms with Crippen LogP contribution in [0.1, 0.15) is 24.2 Å². The number of nitrogens with one attached hydrogen (secondary N) is 3. The molecule has 1 saturated heterocycles. The minimum absolute atomic E-state index is 0.113. The minimum atomic E-state index is 0.113. The third kappa shape index (κ3) is 2.67. The molecule has 1 aromatic rings. The average molecular weight is 250 g/mol. The molecule has 0 aliphatic carbocycles. The molecule has 0 aromatic carbocycles. The number of hydrazine groups is 1. The summed E-state index contributed by atoms with van der Waals surface area (Å²) in [5.41, 5.74) is 3.42. The molecule has 1 amide bonds. The lowest BCUT2D eigenvalue weighted by Gasteiger charge is -2.15. The van der Waals surface area contributed by atoms with E-state index in [-0.39, 0.29) is 11.9 Å². The maximum atomic E-state index is 11.1. The summed E-state index contributed by atoms with van der Waals surface area (Å²) in [6.07, 6.45) is 1.46. The largest absolute Gasteiger partial charge is 0.368 e. The Morgan fingerprint density at radius 3 is 2.72 bits per heavy atom. The summed E-state index contributed by atoms with van der Waals surface area (Å²) in [7, 11) is 0. The number of nitrogens with two attached hydrogens (primary N) is 1. The molecule has 1 fully saturated rings. The smallest absolute Gasteiger partial charge is 0.220 e. The number of amides is 1. The Morgan fingerprint density at radius 1 is 1.39 bits per heavy atom. The molecule has 1 aliphatic rings. The van der Waals surface area contributed by atoms with Crippen molar-refractivity contribution in [3.05, 3.63) is 11.4 Å². The topological polar surface area (TPSA) is 105 Å². The van der Waals surface area contributed by atoms with Gasteiger partial charge in [0.2, 0.25) is 5.91 Å². The van der Waals surface area contributed by atoms with E-state index in [0.29, 0.717) is 24.6 Å². The Balaban J connectivity index is 2.04. The number of rotatable bonds is 4. The number of carbonyl (C=O) groups excluding carboxylic acids is 1. The van der Waals surface area contributed by atoms with E-state index in [1.54, 1.807) is 0 Å². The van der Waals surface area contributed by atoms with Crippen LogP contribution in [0.25, 0.3) is 0 Å². The van der Waals surface area contributed by atoms with Gasteiger partial charge in [-0.05, 0) is 20.3 Å². The number of anilines is 2. The molecule has 98 valence electrons. The molecule has 7 nitrogen and oxygen atoms in total. The predicted octanol–water partition coefficient (Wildman–Crippen LogP) is 0.0695. The maximum absolute atomic E-state index is 11.1. The molecule has 1 aromatic heterocycles. The number of aryl methyl sites for hydroxylation is 1. The molecule has 1 unspecified atom stereocenters. The van der Waals surface area contributed by atoms with Crippen LogP contribution in [0.2, 0.25) is 0 Å².